The first-order chi connectivity index (χ1) is 7.33. The van der Waals surface area contributed by atoms with Crippen LogP contribution in [-0.2, 0) is 4.79 Å². The molecule has 0 atom stereocenters. The summed E-state index contributed by atoms with van der Waals surface area (Å²) in [6, 6.07) is 0. The second kappa shape index (κ2) is 7.91. The van der Waals surface area contributed by atoms with Gasteiger partial charge in [0, 0.05) is 18.3 Å². The van der Waals surface area contributed by atoms with Crippen molar-refractivity contribution in [2.24, 2.45) is 0 Å². The molecule has 0 aliphatic heterocycles. The Morgan fingerprint density at radius 3 is 3.00 bits per heavy atom. The van der Waals surface area contributed by atoms with Gasteiger partial charge in [0.1, 0.15) is 0 Å². The average Bonchev–Trinajstić information content (AvgIpc) is 2.71. The molecule has 0 heterocycles. The van der Waals surface area contributed by atoms with Crippen LogP contribution in [0, 0.1) is 0 Å². The minimum atomic E-state index is 0.203. The van der Waals surface area contributed by atoms with Crippen molar-refractivity contribution in [1.29, 1.82) is 0 Å². The van der Waals surface area contributed by atoms with Gasteiger partial charge in [-0.2, -0.15) is 0 Å². The van der Waals surface area contributed by atoms with Gasteiger partial charge in [-0.05, 0) is 38.5 Å². The molecule has 0 unspecified atom stereocenters. The molecule has 1 amide bonds. The van der Waals surface area contributed by atoms with Crippen LogP contribution < -0.4 is 5.32 Å². The molecular formula is C12H20BrNO. The van der Waals surface area contributed by atoms with E-state index in [0.29, 0.717) is 6.42 Å². The van der Waals surface area contributed by atoms with E-state index >= 15 is 0 Å². The van der Waals surface area contributed by atoms with Crippen LogP contribution in [0.1, 0.15) is 44.9 Å². The van der Waals surface area contributed by atoms with Gasteiger partial charge in [0.15, 0.2) is 0 Å². The Hall–Kier alpha value is -0.310. The van der Waals surface area contributed by atoms with Crippen molar-refractivity contribution in [1.82, 2.24) is 5.32 Å². The van der Waals surface area contributed by atoms with Gasteiger partial charge in [0.05, 0.1) is 0 Å². The number of halogens is 1. The normalized spacial score (nSPS) is 15.1. The molecule has 0 saturated heterocycles. The first-order valence-electron chi connectivity index (χ1n) is 5.83. The standard InChI is InChI=1S/C12H20BrNO/c13-9-4-3-7-12(15)14-10-8-11-5-1-2-6-11/h5H,1-4,6-10H2,(H,14,15). The predicted molar refractivity (Wildman–Crippen MR) is 67.2 cm³/mol. The fourth-order valence-electron chi connectivity index (χ4n) is 1.80. The van der Waals surface area contributed by atoms with E-state index in [9.17, 15) is 4.79 Å². The maximum atomic E-state index is 11.3. The maximum absolute atomic E-state index is 11.3. The number of carbonyl (C=O) groups excluding carboxylic acids is 1. The van der Waals surface area contributed by atoms with Crippen LogP contribution in [0.5, 0.6) is 0 Å². The van der Waals surface area contributed by atoms with Gasteiger partial charge in [-0.3, -0.25) is 4.79 Å². The molecule has 0 bridgehead atoms. The number of alkyl halides is 1. The molecule has 0 aromatic heterocycles. The Balaban J connectivity index is 1.96. The predicted octanol–water partition coefficient (Wildman–Crippen LogP) is 3.17. The molecule has 86 valence electrons. The molecule has 3 heteroatoms. The Kier molecular flexibility index (Phi) is 6.73. The fraction of sp³-hybridized carbons (Fsp3) is 0.750. The third-order valence-corrected chi connectivity index (χ3v) is 3.25. The third-order valence-electron chi connectivity index (χ3n) is 2.69. The van der Waals surface area contributed by atoms with E-state index in [2.05, 4.69) is 27.3 Å². The van der Waals surface area contributed by atoms with Gasteiger partial charge in [-0.1, -0.05) is 27.6 Å². The second-order valence-electron chi connectivity index (χ2n) is 4.00. The lowest BCUT2D eigenvalue weighted by molar-refractivity contribution is -0.121. The molecule has 0 aromatic rings. The summed E-state index contributed by atoms with van der Waals surface area (Å²) < 4.78 is 0. The van der Waals surface area contributed by atoms with Crippen molar-refractivity contribution in [3.63, 3.8) is 0 Å². The average molecular weight is 274 g/mol. The molecule has 1 aliphatic rings. The van der Waals surface area contributed by atoms with E-state index in [-0.39, 0.29) is 5.91 Å². The fourth-order valence-corrected chi connectivity index (χ4v) is 2.19. The van der Waals surface area contributed by atoms with Crippen LogP contribution in [0.25, 0.3) is 0 Å². The molecule has 0 spiro atoms. The number of allylic oxidation sites excluding steroid dienone is 1. The molecule has 0 aromatic carbocycles. The van der Waals surface area contributed by atoms with Crippen LogP contribution in [0.4, 0.5) is 0 Å². The molecule has 15 heavy (non-hydrogen) atoms. The number of amides is 1. The SMILES string of the molecule is O=C(CCCCBr)NCCC1=CCCC1. The zero-order valence-electron chi connectivity index (χ0n) is 9.23. The van der Waals surface area contributed by atoms with Gasteiger partial charge < -0.3 is 5.32 Å². The van der Waals surface area contributed by atoms with Gasteiger partial charge in [0.2, 0.25) is 5.91 Å². The van der Waals surface area contributed by atoms with Crippen molar-refractivity contribution in [3.05, 3.63) is 11.6 Å². The molecule has 1 N–H and O–H groups in total. The van der Waals surface area contributed by atoms with E-state index in [1.54, 1.807) is 0 Å². The van der Waals surface area contributed by atoms with Gasteiger partial charge >= 0.3 is 0 Å². The molecule has 0 fully saturated rings. The first-order valence-corrected chi connectivity index (χ1v) is 6.95. The summed E-state index contributed by atoms with van der Waals surface area (Å²) in [6.45, 7) is 0.818. The summed E-state index contributed by atoms with van der Waals surface area (Å²) in [6.07, 6.45) is 9.87. The zero-order chi connectivity index (χ0) is 10.9. The highest BCUT2D eigenvalue weighted by Gasteiger charge is 2.05. The van der Waals surface area contributed by atoms with Gasteiger partial charge in [-0.15, -0.1) is 0 Å². The Morgan fingerprint density at radius 1 is 1.47 bits per heavy atom. The van der Waals surface area contributed by atoms with Crippen LogP contribution in [0.15, 0.2) is 11.6 Å². The Labute approximate surface area is 101 Å². The molecule has 0 radical (unpaired) electrons. The van der Waals surface area contributed by atoms with E-state index in [1.165, 1.54) is 24.8 Å². The largest absolute Gasteiger partial charge is 0.356 e. The monoisotopic (exact) mass is 273 g/mol. The minimum absolute atomic E-state index is 0.203. The highest BCUT2D eigenvalue weighted by molar-refractivity contribution is 9.09. The lowest BCUT2D eigenvalue weighted by Crippen LogP contribution is -2.24. The topological polar surface area (TPSA) is 29.1 Å². The van der Waals surface area contributed by atoms with Gasteiger partial charge in [0.25, 0.3) is 0 Å². The van der Waals surface area contributed by atoms with Crippen molar-refractivity contribution < 1.29 is 4.79 Å². The molecule has 0 saturated carbocycles. The highest BCUT2D eigenvalue weighted by atomic mass is 79.9. The second-order valence-corrected chi connectivity index (χ2v) is 4.79. The van der Waals surface area contributed by atoms with E-state index in [0.717, 1.165) is 31.1 Å². The highest BCUT2D eigenvalue weighted by Crippen LogP contribution is 2.19. The number of nitrogens with one attached hydrogen (secondary N) is 1. The summed E-state index contributed by atoms with van der Waals surface area (Å²) in [5.74, 6) is 0.203. The van der Waals surface area contributed by atoms with Crippen molar-refractivity contribution in [2.45, 2.75) is 44.9 Å². The van der Waals surface area contributed by atoms with Gasteiger partial charge in [-0.25, -0.2) is 0 Å². The zero-order valence-corrected chi connectivity index (χ0v) is 10.8. The molecule has 2 nitrogen and oxygen atoms in total. The summed E-state index contributed by atoms with van der Waals surface area (Å²) >= 11 is 3.36. The first kappa shape index (κ1) is 12.8. The molecular weight excluding hydrogens is 254 g/mol. The smallest absolute Gasteiger partial charge is 0.220 e. The lowest BCUT2D eigenvalue weighted by atomic mass is 10.1. The molecule has 1 rings (SSSR count). The summed E-state index contributed by atoms with van der Waals surface area (Å²) in [4.78, 5) is 11.3. The van der Waals surface area contributed by atoms with Crippen LogP contribution in [-0.4, -0.2) is 17.8 Å². The summed E-state index contributed by atoms with van der Waals surface area (Å²) in [5.41, 5.74) is 1.52. The van der Waals surface area contributed by atoms with Crippen molar-refractivity contribution in [3.8, 4) is 0 Å². The quantitative estimate of drug-likeness (QED) is 0.431. The van der Waals surface area contributed by atoms with Crippen LogP contribution >= 0.6 is 15.9 Å². The number of unbranched alkanes of at least 4 members (excludes halogenated alkanes) is 1. The van der Waals surface area contributed by atoms with E-state index in [1.807, 2.05) is 0 Å². The number of hydrogen-bond donors (Lipinski definition) is 1. The van der Waals surface area contributed by atoms with E-state index in [4.69, 9.17) is 0 Å². The van der Waals surface area contributed by atoms with Crippen LogP contribution in [0.2, 0.25) is 0 Å². The minimum Gasteiger partial charge on any atom is -0.356 e. The lowest BCUT2D eigenvalue weighted by Gasteiger charge is -2.05. The number of carbonyl (C=O) groups is 1. The summed E-state index contributed by atoms with van der Waals surface area (Å²) in [7, 11) is 0. The maximum Gasteiger partial charge on any atom is 0.220 e. The van der Waals surface area contributed by atoms with Crippen molar-refractivity contribution in [2.75, 3.05) is 11.9 Å². The number of rotatable bonds is 7. The summed E-state index contributed by atoms with van der Waals surface area (Å²) in [5, 5.41) is 3.97. The number of hydrogen-bond acceptors (Lipinski definition) is 1. The Bertz CT molecular complexity index is 226. The van der Waals surface area contributed by atoms with Crippen LogP contribution in [0.3, 0.4) is 0 Å². The Morgan fingerprint density at radius 2 is 2.33 bits per heavy atom. The third kappa shape index (κ3) is 5.98. The van der Waals surface area contributed by atoms with E-state index < -0.39 is 0 Å². The van der Waals surface area contributed by atoms with Crippen molar-refractivity contribution >= 4 is 21.8 Å². The molecule has 1 aliphatic carbocycles.